The van der Waals surface area contributed by atoms with Gasteiger partial charge in [-0.3, -0.25) is 0 Å². The summed E-state index contributed by atoms with van der Waals surface area (Å²) >= 11 is 0. The fourth-order valence-corrected chi connectivity index (χ4v) is 1.76. The summed E-state index contributed by atoms with van der Waals surface area (Å²) in [6.07, 6.45) is -3.23. The van der Waals surface area contributed by atoms with Crippen LogP contribution >= 0.6 is 0 Å². The zero-order valence-electron chi connectivity index (χ0n) is 10.4. The van der Waals surface area contributed by atoms with Crippen LogP contribution in [-0.4, -0.2) is 18.1 Å². The predicted molar refractivity (Wildman–Crippen MR) is 66.0 cm³/mol. The molecule has 1 heterocycles. The average Bonchev–Trinajstić information content (AvgIpc) is 2.46. The average molecular weight is 281 g/mol. The van der Waals surface area contributed by atoms with Crippen LogP contribution in [0, 0.1) is 0 Å². The molecule has 0 fully saturated rings. The summed E-state index contributed by atoms with van der Waals surface area (Å²) < 4.78 is 43.2. The molecule has 2 aromatic rings. The van der Waals surface area contributed by atoms with Crippen molar-refractivity contribution in [1.82, 2.24) is 4.98 Å². The summed E-state index contributed by atoms with van der Waals surface area (Å²) in [5.74, 6) is -0.638. The van der Waals surface area contributed by atoms with Gasteiger partial charge >= 0.3 is 12.1 Å². The number of hydrogen-bond acceptors (Lipinski definition) is 3. The number of alkyl halides is 3. The number of benzene rings is 1. The summed E-state index contributed by atoms with van der Waals surface area (Å²) in [6.45, 7) is 0. The van der Waals surface area contributed by atoms with Gasteiger partial charge in [-0.05, 0) is 17.7 Å². The van der Waals surface area contributed by atoms with Crippen molar-refractivity contribution >= 4 is 5.97 Å². The lowest BCUT2D eigenvalue weighted by atomic mass is 10.0. The van der Waals surface area contributed by atoms with Gasteiger partial charge in [-0.1, -0.05) is 24.3 Å². The first-order valence-corrected chi connectivity index (χ1v) is 5.64. The fourth-order valence-electron chi connectivity index (χ4n) is 1.76. The van der Waals surface area contributed by atoms with Crippen molar-refractivity contribution in [3.05, 3.63) is 53.9 Å². The third-order valence-electron chi connectivity index (χ3n) is 2.70. The van der Waals surface area contributed by atoms with Gasteiger partial charge in [-0.15, -0.1) is 0 Å². The molecule has 1 aromatic carbocycles. The van der Waals surface area contributed by atoms with Crippen LogP contribution in [0.4, 0.5) is 13.2 Å². The highest BCUT2D eigenvalue weighted by Gasteiger charge is 2.33. The smallest absolute Gasteiger partial charge is 0.417 e. The van der Waals surface area contributed by atoms with Crippen LogP contribution in [0.3, 0.4) is 0 Å². The number of ether oxygens (including phenoxy) is 1. The van der Waals surface area contributed by atoms with Crippen LogP contribution < -0.4 is 0 Å². The standard InChI is InChI=1S/C14H10F3NO2/c1-20-13(19)12-7-6-9(8-18-12)10-4-2-3-5-11(10)14(15,16)17/h2-8H,1H3. The van der Waals surface area contributed by atoms with Crippen LogP contribution in [0.1, 0.15) is 16.1 Å². The first kappa shape index (κ1) is 14.0. The molecular formula is C14H10F3NO2. The summed E-state index contributed by atoms with van der Waals surface area (Å²) in [5.41, 5.74) is -0.400. The fraction of sp³-hybridized carbons (Fsp3) is 0.143. The number of pyridine rings is 1. The minimum Gasteiger partial charge on any atom is -0.464 e. The lowest BCUT2D eigenvalue weighted by Gasteiger charge is -2.12. The van der Waals surface area contributed by atoms with Crippen molar-refractivity contribution in [3.8, 4) is 11.1 Å². The monoisotopic (exact) mass is 281 g/mol. The Labute approximate surface area is 113 Å². The Morgan fingerprint density at radius 2 is 1.85 bits per heavy atom. The summed E-state index contributed by atoms with van der Waals surface area (Å²) in [4.78, 5) is 15.0. The largest absolute Gasteiger partial charge is 0.464 e. The van der Waals surface area contributed by atoms with Crippen LogP contribution in [0.2, 0.25) is 0 Å². The maximum Gasteiger partial charge on any atom is 0.417 e. The van der Waals surface area contributed by atoms with E-state index in [-0.39, 0.29) is 16.8 Å². The summed E-state index contributed by atoms with van der Waals surface area (Å²) in [6, 6.07) is 7.93. The molecule has 0 saturated heterocycles. The highest BCUT2D eigenvalue weighted by molar-refractivity contribution is 5.87. The number of methoxy groups -OCH3 is 1. The maximum atomic E-state index is 12.9. The van der Waals surface area contributed by atoms with E-state index >= 15 is 0 Å². The first-order valence-electron chi connectivity index (χ1n) is 5.64. The van der Waals surface area contributed by atoms with Gasteiger partial charge in [0.1, 0.15) is 5.69 Å². The van der Waals surface area contributed by atoms with Crippen molar-refractivity contribution < 1.29 is 22.7 Å². The molecule has 0 saturated carbocycles. The molecule has 3 nitrogen and oxygen atoms in total. The van der Waals surface area contributed by atoms with Crippen molar-refractivity contribution in [2.75, 3.05) is 7.11 Å². The number of nitrogens with zero attached hydrogens (tertiary/aromatic N) is 1. The van der Waals surface area contributed by atoms with Crippen molar-refractivity contribution in [2.45, 2.75) is 6.18 Å². The molecule has 6 heteroatoms. The van der Waals surface area contributed by atoms with E-state index in [2.05, 4.69) is 9.72 Å². The van der Waals surface area contributed by atoms with Gasteiger partial charge in [0.2, 0.25) is 0 Å². The Balaban J connectivity index is 2.45. The van der Waals surface area contributed by atoms with E-state index in [0.717, 1.165) is 6.07 Å². The molecule has 0 aliphatic heterocycles. The normalized spacial score (nSPS) is 11.2. The van der Waals surface area contributed by atoms with Crippen LogP contribution in [0.5, 0.6) is 0 Å². The molecular weight excluding hydrogens is 271 g/mol. The van der Waals surface area contributed by atoms with Gasteiger partial charge in [0.25, 0.3) is 0 Å². The molecule has 0 radical (unpaired) electrons. The maximum absolute atomic E-state index is 12.9. The van der Waals surface area contributed by atoms with E-state index < -0.39 is 17.7 Å². The molecule has 0 atom stereocenters. The Morgan fingerprint density at radius 3 is 2.40 bits per heavy atom. The summed E-state index contributed by atoms with van der Waals surface area (Å²) in [5, 5.41) is 0. The molecule has 2 rings (SSSR count). The Bertz CT molecular complexity index is 621. The second-order valence-corrected chi connectivity index (χ2v) is 3.97. The van der Waals surface area contributed by atoms with E-state index in [9.17, 15) is 18.0 Å². The third kappa shape index (κ3) is 2.79. The van der Waals surface area contributed by atoms with Gasteiger partial charge < -0.3 is 4.74 Å². The van der Waals surface area contributed by atoms with Gasteiger partial charge in [0.15, 0.2) is 0 Å². The lowest BCUT2D eigenvalue weighted by molar-refractivity contribution is -0.137. The number of halogens is 3. The molecule has 0 N–H and O–H groups in total. The van der Waals surface area contributed by atoms with Crippen LogP contribution in [-0.2, 0) is 10.9 Å². The number of rotatable bonds is 2. The minimum atomic E-state index is -4.45. The molecule has 0 aliphatic rings. The predicted octanol–water partition coefficient (Wildman–Crippen LogP) is 3.55. The van der Waals surface area contributed by atoms with Gasteiger partial charge in [0, 0.05) is 11.8 Å². The number of esters is 1. The van der Waals surface area contributed by atoms with E-state index in [0.29, 0.717) is 0 Å². The second kappa shape index (κ2) is 5.32. The summed E-state index contributed by atoms with van der Waals surface area (Å²) in [7, 11) is 1.21. The molecule has 0 bridgehead atoms. The molecule has 104 valence electrons. The van der Waals surface area contributed by atoms with Crippen LogP contribution in [0.25, 0.3) is 11.1 Å². The molecule has 0 amide bonds. The van der Waals surface area contributed by atoms with Crippen molar-refractivity contribution in [3.63, 3.8) is 0 Å². The number of carbonyl (C=O) groups is 1. The Hall–Kier alpha value is -2.37. The van der Waals surface area contributed by atoms with Gasteiger partial charge in [0.05, 0.1) is 12.7 Å². The highest BCUT2D eigenvalue weighted by Crippen LogP contribution is 2.36. The number of carbonyl (C=O) groups excluding carboxylic acids is 1. The number of hydrogen-bond donors (Lipinski definition) is 0. The topological polar surface area (TPSA) is 39.2 Å². The van der Waals surface area contributed by atoms with E-state index in [4.69, 9.17) is 0 Å². The Kier molecular flexibility index (Phi) is 3.74. The highest BCUT2D eigenvalue weighted by atomic mass is 19.4. The molecule has 0 aliphatic carbocycles. The Morgan fingerprint density at radius 1 is 1.15 bits per heavy atom. The quantitative estimate of drug-likeness (QED) is 0.790. The SMILES string of the molecule is COC(=O)c1ccc(-c2ccccc2C(F)(F)F)cn1. The van der Waals surface area contributed by atoms with E-state index in [1.807, 2.05) is 0 Å². The molecule has 0 spiro atoms. The zero-order chi connectivity index (χ0) is 14.8. The first-order chi connectivity index (χ1) is 9.43. The lowest BCUT2D eigenvalue weighted by Crippen LogP contribution is -2.07. The third-order valence-corrected chi connectivity index (χ3v) is 2.70. The van der Waals surface area contributed by atoms with E-state index in [1.54, 1.807) is 0 Å². The van der Waals surface area contributed by atoms with Crippen molar-refractivity contribution in [1.29, 1.82) is 0 Å². The molecule has 1 aromatic heterocycles. The second-order valence-electron chi connectivity index (χ2n) is 3.97. The van der Waals surface area contributed by atoms with Crippen molar-refractivity contribution in [2.24, 2.45) is 0 Å². The minimum absolute atomic E-state index is 0.0175. The van der Waals surface area contributed by atoms with Crippen LogP contribution in [0.15, 0.2) is 42.6 Å². The van der Waals surface area contributed by atoms with E-state index in [1.165, 1.54) is 43.6 Å². The zero-order valence-corrected chi connectivity index (χ0v) is 10.4. The number of aromatic nitrogens is 1. The van der Waals surface area contributed by atoms with Gasteiger partial charge in [-0.2, -0.15) is 13.2 Å². The molecule has 0 unspecified atom stereocenters. The van der Waals surface area contributed by atoms with Gasteiger partial charge in [-0.25, -0.2) is 9.78 Å². The molecule has 20 heavy (non-hydrogen) atoms.